The SMILES string of the molecule is Cc1ccc(CNC(=O)C2CCC(=O)N2C2CCCC2)cc1. The van der Waals surface area contributed by atoms with Crippen molar-refractivity contribution in [2.24, 2.45) is 0 Å². The van der Waals surface area contributed by atoms with Gasteiger partial charge in [-0.25, -0.2) is 0 Å². The minimum Gasteiger partial charge on any atom is -0.350 e. The summed E-state index contributed by atoms with van der Waals surface area (Å²) in [7, 11) is 0. The number of carbonyl (C=O) groups is 2. The third-order valence-electron chi connectivity index (χ3n) is 4.86. The first-order chi connectivity index (χ1) is 10.6. The van der Waals surface area contributed by atoms with E-state index in [4.69, 9.17) is 0 Å². The second-order valence-electron chi connectivity index (χ2n) is 6.50. The van der Waals surface area contributed by atoms with E-state index in [0.29, 0.717) is 19.4 Å². The first-order valence-corrected chi connectivity index (χ1v) is 8.29. The van der Waals surface area contributed by atoms with E-state index in [0.717, 1.165) is 18.4 Å². The highest BCUT2D eigenvalue weighted by Crippen LogP contribution is 2.30. The smallest absolute Gasteiger partial charge is 0.243 e. The maximum absolute atomic E-state index is 12.5. The van der Waals surface area contributed by atoms with Gasteiger partial charge in [-0.2, -0.15) is 0 Å². The topological polar surface area (TPSA) is 49.4 Å². The Kier molecular flexibility index (Phi) is 4.46. The summed E-state index contributed by atoms with van der Waals surface area (Å²) in [5.41, 5.74) is 2.31. The molecule has 1 heterocycles. The van der Waals surface area contributed by atoms with E-state index in [2.05, 4.69) is 5.32 Å². The minimum absolute atomic E-state index is 0.00155. The second-order valence-corrected chi connectivity index (χ2v) is 6.50. The summed E-state index contributed by atoms with van der Waals surface area (Å²) in [6.07, 6.45) is 5.62. The van der Waals surface area contributed by atoms with Gasteiger partial charge in [0.2, 0.25) is 11.8 Å². The Morgan fingerprint density at radius 2 is 1.86 bits per heavy atom. The number of aryl methyl sites for hydroxylation is 1. The largest absolute Gasteiger partial charge is 0.350 e. The molecule has 1 aliphatic carbocycles. The Morgan fingerprint density at radius 1 is 1.18 bits per heavy atom. The van der Waals surface area contributed by atoms with Gasteiger partial charge in [-0.1, -0.05) is 42.7 Å². The van der Waals surface area contributed by atoms with Crippen LogP contribution in [0.15, 0.2) is 24.3 Å². The average molecular weight is 300 g/mol. The summed E-state index contributed by atoms with van der Waals surface area (Å²) in [6, 6.07) is 8.18. The normalized spacial score (nSPS) is 22.3. The molecule has 0 radical (unpaired) electrons. The first-order valence-electron chi connectivity index (χ1n) is 8.29. The van der Waals surface area contributed by atoms with Crippen LogP contribution < -0.4 is 5.32 Å². The van der Waals surface area contributed by atoms with E-state index < -0.39 is 0 Å². The number of carbonyl (C=O) groups excluding carboxylic acids is 2. The monoisotopic (exact) mass is 300 g/mol. The molecule has 0 bridgehead atoms. The summed E-state index contributed by atoms with van der Waals surface area (Å²) >= 11 is 0. The molecule has 118 valence electrons. The number of nitrogens with one attached hydrogen (secondary N) is 1. The molecule has 1 unspecified atom stereocenters. The quantitative estimate of drug-likeness (QED) is 0.929. The van der Waals surface area contributed by atoms with Crippen LogP contribution >= 0.6 is 0 Å². The zero-order valence-corrected chi connectivity index (χ0v) is 13.2. The summed E-state index contributed by atoms with van der Waals surface area (Å²) in [4.78, 5) is 26.5. The van der Waals surface area contributed by atoms with Crippen LogP contribution in [0.1, 0.15) is 49.7 Å². The Hall–Kier alpha value is -1.84. The van der Waals surface area contributed by atoms with Gasteiger partial charge in [-0.3, -0.25) is 9.59 Å². The maximum atomic E-state index is 12.5. The lowest BCUT2D eigenvalue weighted by Crippen LogP contribution is -2.48. The van der Waals surface area contributed by atoms with Crippen LogP contribution in [0.4, 0.5) is 0 Å². The first kappa shape index (κ1) is 15.1. The predicted molar refractivity (Wildman–Crippen MR) is 85.1 cm³/mol. The minimum atomic E-state index is -0.263. The molecule has 4 heteroatoms. The zero-order chi connectivity index (χ0) is 15.5. The molecule has 0 spiro atoms. The van der Waals surface area contributed by atoms with Crippen molar-refractivity contribution < 1.29 is 9.59 Å². The van der Waals surface area contributed by atoms with Crippen molar-refractivity contribution in [3.8, 4) is 0 Å². The van der Waals surface area contributed by atoms with Crippen molar-refractivity contribution in [3.05, 3.63) is 35.4 Å². The van der Waals surface area contributed by atoms with Gasteiger partial charge in [0.05, 0.1) is 0 Å². The van der Waals surface area contributed by atoms with Crippen molar-refractivity contribution in [3.63, 3.8) is 0 Å². The molecule has 1 N–H and O–H groups in total. The second kappa shape index (κ2) is 6.51. The third kappa shape index (κ3) is 3.16. The number of rotatable bonds is 4. The van der Waals surface area contributed by atoms with Gasteiger partial charge >= 0.3 is 0 Å². The molecule has 1 saturated carbocycles. The molecule has 1 aliphatic heterocycles. The van der Waals surface area contributed by atoms with Crippen LogP contribution in [0, 0.1) is 6.92 Å². The van der Waals surface area contributed by atoms with Gasteiger partial charge in [0.1, 0.15) is 6.04 Å². The van der Waals surface area contributed by atoms with Gasteiger partial charge in [-0.15, -0.1) is 0 Å². The molecule has 1 aromatic rings. The van der Waals surface area contributed by atoms with Crippen molar-refractivity contribution in [2.45, 2.75) is 64.1 Å². The molecule has 2 aliphatic rings. The predicted octanol–water partition coefficient (Wildman–Crippen LogP) is 2.54. The summed E-state index contributed by atoms with van der Waals surface area (Å²) in [5.74, 6) is 0.153. The highest BCUT2D eigenvalue weighted by molar-refractivity contribution is 5.91. The number of benzene rings is 1. The van der Waals surface area contributed by atoms with Gasteiger partial charge < -0.3 is 10.2 Å². The molecule has 0 aromatic heterocycles. The summed E-state index contributed by atoms with van der Waals surface area (Å²) in [6.45, 7) is 2.58. The van der Waals surface area contributed by atoms with Crippen molar-refractivity contribution in [1.29, 1.82) is 0 Å². The summed E-state index contributed by atoms with van der Waals surface area (Å²) < 4.78 is 0. The summed E-state index contributed by atoms with van der Waals surface area (Å²) in [5, 5.41) is 3.00. The zero-order valence-electron chi connectivity index (χ0n) is 13.2. The van der Waals surface area contributed by atoms with Gasteiger partial charge in [-0.05, 0) is 31.7 Å². The Balaban J connectivity index is 1.60. The van der Waals surface area contributed by atoms with Crippen LogP contribution in [-0.4, -0.2) is 28.8 Å². The van der Waals surface area contributed by atoms with E-state index in [1.807, 2.05) is 36.1 Å². The number of amides is 2. The molecule has 1 atom stereocenters. The lowest BCUT2D eigenvalue weighted by atomic mass is 10.1. The molecule has 3 rings (SSSR count). The fraction of sp³-hybridized carbons (Fsp3) is 0.556. The van der Waals surface area contributed by atoms with Crippen LogP contribution in [0.3, 0.4) is 0 Å². The van der Waals surface area contributed by atoms with Crippen LogP contribution in [0.25, 0.3) is 0 Å². The standard InChI is InChI=1S/C18H24N2O2/c1-13-6-8-14(9-7-13)12-19-18(22)16-10-11-17(21)20(16)15-4-2-3-5-15/h6-9,15-16H,2-5,10-12H2,1H3,(H,19,22). The number of nitrogens with zero attached hydrogens (tertiary/aromatic N) is 1. The molecule has 4 nitrogen and oxygen atoms in total. The van der Waals surface area contributed by atoms with Crippen LogP contribution in [0.2, 0.25) is 0 Å². The van der Waals surface area contributed by atoms with Crippen LogP contribution in [0.5, 0.6) is 0 Å². The molecule has 22 heavy (non-hydrogen) atoms. The highest BCUT2D eigenvalue weighted by Gasteiger charge is 2.40. The van der Waals surface area contributed by atoms with Gasteiger partial charge in [0.15, 0.2) is 0 Å². The van der Waals surface area contributed by atoms with E-state index in [1.165, 1.54) is 18.4 Å². The Morgan fingerprint density at radius 3 is 2.55 bits per heavy atom. The van der Waals surface area contributed by atoms with Gasteiger partial charge in [0.25, 0.3) is 0 Å². The Labute approximate surface area is 131 Å². The van der Waals surface area contributed by atoms with Gasteiger partial charge in [0, 0.05) is 19.0 Å². The lowest BCUT2D eigenvalue weighted by molar-refractivity contribution is -0.137. The van der Waals surface area contributed by atoms with Crippen LogP contribution in [-0.2, 0) is 16.1 Å². The highest BCUT2D eigenvalue weighted by atomic mass is 16.2. The lowest BCUT2D eigenvalue weighted by Gasteiger charge is -2.30. The molecule has 1 saturated heterocycles. The maximum Gasteiger partial charge on any atom is 0.243 e. The molecular formula is C18H24N2O2. The van der Waals surface area contributed by atoms with Crippen molar-refractivity contribution >= 4 is 11.8 Å². The fourth-order valence-corrected chi connectivity index (χ4v) is 3.61. The molecular weight excluding hydrogens is 276 g/mol. The van der Waals surface area contributed by atoms with E-state index in [-0.39, 0.29) is 23.9 Å². The van der Waals surface area contributed by atoms with E-state index in [9.17, 15) is 9.59 Å². The third-order valence-corrected chi connectivity index (χ3v) is 4.86. The fourth-order valence-electron chi connectivity index (χ4n) is 3.61. The molecule has 2 fully saturated rings. The van der Waals surface area contributed by atoms with Crippen molar-refractivity contribution in [1.82, 2.24) is 10.2 Å². The molecule has 2 amide bonds. The number of likely N-dealkylation sites (tertiary alicyclic amines) is 1. The van der Waals surface area contributed by atoms with Crippen molar-refractivity contribution in [2.75, 3.05) is 0 Å². The number of hydrogen-bond donors (Lipinski definition) is 1. The average Bonchev–Trinajstić information content (AvgIpc) is 3.15. The number of hydrogen-bond acceptors (Lipinski definition) is 2. The van der Waals surface area contributed by atoms with E-state index in [1.54, 1.807) is 0 Å². The Bertz CT molecular complexity index is 547. The molecule has 1 aromatic carbocycles. The van der Waals surface area contributed by atoms with E-state index >= 15 is 0 Å².